The third-order valence-electron chi connectivity index (χ3n) is 7.31. The zero-order valence-corrected chi connectivity index (χ0v) is 23.1. The molecule has 8 nitrogen and oxygen atoms in total. The molecule has 2 N–H and O–H groups in total. The lowest BCUT2D eigenvalue weighted by molar-refractivity contribution is -0.139. The number of nitrogens with zero attached hydrogens (tertiary/aromatic N) is 3. The van der Waals surface area contributed by atoms with E-state index in [1.165, 1.54) is 11.0 Å². The number of alkyl halides is 3. The van der Waals surface area contributed by atoms with Gasteiger partial charge in [0.1, 0.15) is 11.3 Å². The summed E-state index contributed by atoms with van der Waals surface area (Å²) in [5.74, 6) is -2.39. The van der Waals surface area contributed by atoms with Crippen molar-refractivity contribution < 1.29 is 32.3 Å². The van der Waals surface area contributed by atoms with Gasteiger partial charge in [-0.25, -0.2) is 4.79 Å². The number of carbonyl (C=O) groups excluding carboxylic acids is 3. The fraction of sp³-hybridized carbons (Fsp3) is 0.483. The summed E-state index contributed by atoms with van der Waals surface area (Å²) >= 11 is 0. The Hall–Kier alpha value is -3.44. The highest BCUT2D eigenvalue weighted by Crippen LogP contribution is 2.38. The molecular weight excluding hydrogens is 525 g/mol. The number of Topliss-reactive ketones (excluding diaryl/α,β-unsaturated/α-hetero) is 1. The topological polar surface area (TPSA) is 96.2 Å². The number of piperazine rings is 1. The number of nitrogens with two attached hydrogens (primary N) is 1. The zero-order valence-electron chi connectivity index (χ0n) is 23.1. The van der Waals surface area contributed by atoms with Crippen LogP contribution in [0.1, 0.15) is 60.3 Å². The first kappa shape index (κ1) is 29.5. The van der Waals surface area contributed by atoms with Gasteiger partial charge >= 0.3 is 12.3 Å². The number of rotatable bonds is 4. The summed E-state index contributed by atoms with van der Waals surface area (Å²) in [6, 6.07) is 12.8. The summed E-state index contributed by atoms with van der Waals surface area (Å²) in [6.07, 6.45) is -6.03. The van der Waals surface area contributed by atoms with Crippen LogP contribution in [0.4, 0.5) is 18.0 Å². The van der Waals surface area contributed by atoms with Crippen molar-refractivity contribution in [2.75, 3.05) is 33.2 Å². The second-order valence-corrected chi connectivity index (χ2v) is 11.5. The second-order valence-electron chi connectivity index (χ2n) is 11.5. The number of likely N-dealkylation sites (N-methyl/N-ethyl adjacent to an activating group) is 1. The lowest BCUT2D eigenvalue weighted by atomic mass is 9.83. The summed E-state index contributed by atoms with van der Waals surface area (Å²) in [7, 11) is 1.96. The molecule has 0 bridgehead atoms. The molecule has 2 heterocycles. The number of ether oxygens (including phenoxy) is 1. The Morgan fingerprint density at radius 1 is 1.02 bits per heavy atom. The molecule has 0 aromatic heterocycles. The van der Waals surface area contributed by atoms with Crippen molar-refractivity contribution in [1.29, 1.82) is 0 Å². The standard InChI is InChI=1S/C29H35F3N4O4/c1-27(2,3)40-26(39)36-13-12-19-10-11-21(25(38)29(30,31)32)16-22(19)28(36,33)17-24(37)35-15-14-34(4)18-23(35)20-8-6-5-7-9-20/h5-11,16,23H,12-15,17-18,33H2,1-4H3. The molecule has 2 amide bonds. The average Bonchev–Trinajstić information content (AvgIpc) is 2.87. The molecule has 0 spiro atoms. The Morgan fingerprint density at radius 3 is 2.33 bits per heavy atom. The molecule has 216 valence electrons. The van der Waals surface area contributed by atoms with Crippen LogP contribution in [-0.4, -0.2) is 77.5 Å². The third-order valence-corrected chi connectivity index (χ3v) is 7.31. The van der Waals surface area contributed by atoms with Crippen molar-refractivity contribution in [2.45, 2.75) is 57.1 Å². The maximum Gasteiger partial charge on any atom is 0.454 e. The molecule has 0 aliphatic carbocycles. The van der Waals surface area contributed by atoms with Crippen LogP contribution in [0.5, 0.6) is 0 Å². The number of hydrogen-bond donors (Lipinski definition) is 1. The van der Waals surface area contributed by atoms with E-state index >= 15 is 0 Å². The van der Waals surface area contributed by atoms with Crippen LogP contribution < -0.4 is 5.73 Å². The van der Waals surface area contributed by atoms with E-state index in [1.807, 2.05) is 37.4 Å². The van der Waals surface area contributed by atoms with Crippen LogP contribution in [0.25, 0.3) is 0 Å². The summed E-state index contributed by atoms with van der Waals surface area (Å²) in [5, 5.41) is 0. The molecule has 2 aromatic carbocycles. The Morgan fingerprint density at radius 2 is 1.70 bits per heavy atom. The number of benzene rings is 2. The lowest BCUT2D eigenvalue weighted by Crippen LogP contribution is -2.62. The summed E-state index contributed by atoms with van der Waals surface area (Å²) in [6.45, 7) is 6.72. The van der Waals surface area contributed by atoms with E-state index in [-0.39, 0.29) is 30.5 Å². The van der Waals surface area contributed by atoms with Crippen LogP contribution in [-0.2, 0) is 21.6 Å². The molecule has 2 aliphatic rings. The highest BCUT2D eigenvalue weighted by Gasteiger charge is 2.48. The average molecular weight is 561 g/mol. The van der Waals surface area contributed by atoms with Crippen molar-refractivity contribution in [1.82, 2.24) is 14.7 Å². The smallest absolute Gasteiger partial charge is 0.444 e. The lowest BCUT2D eigenvalue weighted by Gasteiger charge is -2.47. The Bertz CT molecular complexity index is 1280. The third kappa shape index (κ3) is 6.15. The quantitative estimate of drug-likeness (QED) is 0.562. The van der Waals surface area contributed by atoms with Crippen LogP contribution in [0, 0.1) is 0 Å². The van der Waals surface area contributed by atoms with Gasteiger partial charge in [0.05, 0.1) is 12.5 Å². The van der Waals surface area contributed by atoms with Crippen molar-refractivity contribution in [3.05, 3.63) is 70.8 Å². The fourth-order valence-corrected chi connectivity index (χ4v) is 5.35. The predicted octanol–water partition coefficient (Wildman–Crippen LogP) is 4.24. The first-order chi connectivity index (χ1) is 18.6. The van der Waals surface area contributed by atoms with Gasteiger partial charge in [-0.15, -0.1) is 0 Å². The van der Waals surface area contributed by atoms with Gasteiger partial charge in [-0.2, -0.15) is 13.2 Å². The van der Waals surface area contributed by atoms with Crippen molar-refractivity contribution in [2.24, 2.45) is 5.73 Å². The van der Waals surface area contributed by atoms with Crippen molar-refractivity contribution in [3.63, 3.8) is 0 Å². The van der Waals surface area contributed by atoms with E-state index in [1.54, 1.807) is 25.7 Å². The van der Waals surface area contributed by atoms with Gasteiger partial charge in [0.15, 0.2) is 0 Å². The second kappa shape index (κ2) is 10.9. The SMILES string of the molecule is CN1CCN(C(=O)CC2(N)c3cc(C(=O)C(F)(F)F)ccc3CCN2C(=O)OC(C)(C)C)C(c2ccccc2)C1. The first-order valence-corrected chi connectivity index (χ1v) is 13.2. The van der Waals surface area contributed by atoms with E-state index < -0.39 is 41.3 Å². The minimum atomic E-state index is -5.09. The maximum absolute atomic E-state index is 14.0. The largest absolute Gasteiger partial charge is 0.454 e. The van der Waals surface area contributed by atoms with Gasteiger partial charge in [0, 0.05) is 31.7 Å². The van der Waals surface area contributed by atoms with Crippen LogP contribution in [0.3, 0.4) is 0 Å². The zero-order chi connectivity index (χ0) is 29.5. The van der Waals surface area contributed by atoms with Gasteiger partial charge in [-0.05, 0) is 57.0 Å². The minimum Gasteiger partial charge on any atom is -0.444 e. The molecule has 0 radical (unpaired) electrons. The molecule has 4 rings (SSSR count). The molecule has 11 heteroatoms. The number of carbonyl (C=O) groups is 3. The number of ketones is 1. The highest BCUT2D eigenvalue weighted by molar-refractivity contribution is 6.00. The Kier molecular flexibility index (Phi) is 8.01. The molecule has 1 saturated heterocycles. The molecule has 0 saturated carbocycles. The number of hydrogen-bond acceptors (Lipinski definition) is 6. The van der Waals surface area contributed by atoms with Gasteiger partial charge in [0.2, 0.25) is 5.91 Å². The van der Waals surface area contributed by atoms with E-state index in [9.17, 15) is 27.6 Å². The van der Waals surface area contributed by atoms with Crippen LogP contribution >= 0.6 is 0 Å². The molecule has 40 heavy (non-hydrogen) atoms. The minimum absolute atomic E-state index is 0.0864. The number of amides is 2. The Labute approximate surface area is 231 Å². The van der Waals surface area contributed by atoms with Gasteiger partial charge in [-0.1, -0.05) is 42.5 Å². The van der Waals surface area contributed by atoms with Gasteiger partial charge in [0.25, 0.3) is 5.78 Å². The highest BCUT2D eigenvalue weighted by atomic mass is 19.4. The van der Waals surface area contributed by atoms with Gasteiger partial charge < -0.3 is 20.3 Å². The fourth-order valence-electron chi connectivity index (χ4n) is 5.35. The molecule has 2 unspecified atom stereocenters. The number of halogens is 3. The first-order valence-electron chi connectivity index (χ1n) is 13.2. The van der Waals surface area contributed by atoms with Crippen molar-refractivity contribution in [3.8, 4) is 0 Å². The molecule has 2 atom stereocenters. The van der Waals surface area contributed by atoms with Gasteiger partial charge in [-0.3, -0.25) is 14.5 Å². The predicted molar refractivity (Wildman–Crippen MR) is 142 cm³/mol. The Balaban J connectivity index is 1.76. The molecule has 2 aliphatic heterocycles. The molecular formula is C29H35F3N4O4. The van der Waals surface area contributed by atoms with E-state index in [2.05, 4.69) is 4.90 Å². The monoisotopic (exact) mass is 560 g/mol. The van der Waals surface area contributed by atoms with Crippen molar-refractivity contribution >= 4 is 17.8 Å². The normalized spacial score (nSPS) is 22.1. The van der Waals surface area contributed by atoms with E-state index in [0.29, 0.717) is 25.2 Å². The van der Waals surface area contributed by atoms with E-state index in [0.717, 1.165) is 17.7 Å². The molecule has 2 aromatic rings. The molecule has 1 fully saturated rings. The van der Waals surface area contributed by atoms with Crippen LogP contribution in [0.15, 0.2) is 48.5 Å². The number of fused-ring (bicyclic) bond motifs is 1. The summed E-state index contributed by atoms with van der Waals surface area (Å²) in [4.78, 5) is 44.5. The maximum atomic E-state index is 14.0. The van der Waals surface area contributed by atoms with Crippen LogP contribution in [0.2, 0.25) is 0 Å². The summed E-state index contributed by atoms with van der Waals surface area (Å²) < 4.78 is 45.5. The summed E-state index contributed by atoms with van der Waals surface area (Å²) in [5.41, 5.74) is 5.18. The van der Waals surface area contributed by atoms with E-state index in [4.69, 9.17) is 10.5 Å².